The maximum atomic E-state index is 10.8. The Morgan fingerprint density at radius 3 is 1.77 bits per heavy atom. The highest BCUT2D eigenvalue weighted by Gasteiger charge is 2.03. The number of carbonyl (C=O) groups excluding carboxylic acids is 1. The third-order valence-corrected chi connectivity index (χ3v) is 2.23. The zero-order chi connectivity index (χ0) is 16.5. The molecule has 0 aromatic carbocycles. The highest BCUT2D eigenvalue weighted by molar-refractivity contribution is 5.94. The molecule has 2 aromatic heterocycles. The molecule has 0 spiro atoms. The fourth-order valence-electron chi connectivity index (χ4n) is 1.21. The number of carbonyl (C=O) groups is 2. The zero-order valence-electron chi connectivity index (χ0n) is 10.9. The molecular formula is C12H9N5O5. The molecule has 1 N–H and O–H groups in total. The lowest BCUT2D eigenvalue weighted by Crippen LogP contribution is -2.24. The Kier molecular flexibility index (Phi) is 5.83. The summed E-state index contributed by atoms with van der Waals surface area (Å²) in [6.07, 6.45) is 4.59. The maximum absolute atomic E-state index is 10.8. The average Bonchev–Trinajstić information content (AvgIpc) is 2.49. The van der Waals surface area contributed by atoms with E-state index in [1.165, 1.54) is 24.3 Å². The number of carboxylic acids is 1. The molecule has 0 saturated carbocycles. The molecule has 2 rings (SSSR count). The molecule has 22 heavy (non-hydrogen) atoms. The zero-order valence-corrected chi connectivity index (χ0v) is 10.9. The fourth-order valence-corrected chi connectivity index (χ4v) is 1.21. The topological polar surface area (TPSA) is 157 Å². The molecule has 0 aliphatic heterocycles. The van der Waals surface area contributed by atoms with Gasteiger partial charge in [-0.25, -0.2) is 4.79 Å². The van der Waals surface area contributed by atoms with E-state index in [4.69, 9.17) is 10.6 Å². The Hall–Kier alpha value is -3.65. The Morgan fingerprint density at radius 1 is 1.00 bits per heavy atom. The van der Waals surface area contributed by atoms with Crippen LogP contribution in [0.15, 0.2) is 54.2 Å². The van der Waals surface area contributed by atoms with Gasteiger partial charge in [0.1, 0.15) is 0 Å². The average molecular weight is 303 g/mol. The van der Waals surface area contributed by atoms with E-state index in [9.17, 15) is 20.0 Å². The molecule has 0 bridgehead atoms. The van der Waals surface area contributed by atoms with Crippen LogP contribution in [0.1, 0.15) is 20.7 Å². The van der Waals surface area contributed by atoms with Crippen molar-refractivity contribution in [2.45, 2.75) is 0 Å². The second kappa shape index (κ2) is 7.82. The van der Waals surface area contributed by atoms with Gasteiger partial charge >= 0.3 is 5.97 Å². The predicted octanol–water partition coefficient (Wildman–Crippen LogP) is 0.789. The van der Waals surface area contributed by atoms with Gasteiger partial charge in [0.15, 0.2) is 24.8 Å². The molecule has 1 amide bonds. The highest BCUT2D eigenvalue weighted by Crippen LogP contribution is 1.97. The first-order valence-corrected chi connectivity index (χ1v) is 5.64. The summed E-state index contributed by atoms with van der Waals surface area (Å²) in [5.41, 5.74) is 8.24. The second-order valence-electron chi connectivity index (χ2n) is 3.69. The van der Waals surface area contributed by atoms with Crippen molar-refractivity contribution in [3.05, 3.63) is 81.0 Å². The van der Waals surface area contributed by atoms with E-state index in [0.717, 1.165) is 24.8 Å². The van der Waals surface area contributed by atoms with Gasteiger partial charge in [-0.1, -0.05) is 0 Å². The van der Waals surface area contributed by atoms with E-state index in [0.29, 0.717) is 9.46 Å². The molecule has 112 valence electrons. The van der Waals surface area contributed by atoms with Crippen LogP contribution in [0.2, 0.25) is 0 Å². The van der Waals surface area contributed by atoms with Crippen molar-refractivity contribution in [1.82, 2.24) is 0 Å². The lowest BCUT2D eigenvalue weighted by atomic mass is 10.3. The van der Waals surface area contributed by atoms with Crippen LogP contribution in [-0.2, 0) is 0 Å². The van der Waals surface area contributed by atoms with E-state index in [1.54, 1.807) is 0 Å². The summed E-state index contributed by atoms with van der Waals surface area (Å²) < 4.78 is 1.07. The minimum Gasteiger partial charge on any atom is -0.619 e. The number of aromatic nitrogens is 2. The molecule has 0 aliphatic rings. The number of azide groups is 1. The number of amides is 1. The molecule has 2 aromatic rings. The van der Waals surface area contributed by atoms with Gasteiger partial charge in [0.2, 0.25) is 5.91 Å². The lowest BCUT2D eigenvalue weighted by Gasteiger charge is -1.94. The van der Waals surface area contributed by atoms with Crippen LogP contribution in [0, 0.1) is 10.4 Å². The molecular weight excluding hydrogens is 294 g/mol. The number of pyridine rings is 2. The minimum atomic E-state index is -1.03. The van der Waals surface area contributed by atoms with Crippen LogP contribution >= 0.6 is 0 Å². The summed E-state index contributed by atoms with van der Waals surface area (Å²) in [7, 11) is 0. The van der Waals surface area contributed by atoms with E-state index in [1.807, 2.05) is 0 Å². The van der Waals surface area contributed by atoms with Crippen molar-refractivity contribution >= 4 is 11.9 Å². The number of nitrogens with zero attached hydrogens (tertiary/aromatic N) is 5. The summed E-state index contributed by atoms with van der Waals surface area (Å²) in [5.74, 6) is -1.72. The van der Waals surface area contributed by atoms with Gasteiger partial charge in [0, 0.05) is 34.7 Å². The minimum absolute atomic E-state index is 0.118. The molecule has 0 radical (unpaired) electrons. The predicted molar refractivity (Wildman–Crippen MR) is 71.2 cm³/mol. The fraction of sp³-hybridized carbons (Fsp3) is 0. The van der Waals surface area contributed by atoms with Crippen LogP contribution < -0.4 is 9.46 Å². The van der Waals surface area contributed by atoms with Crippen LogP contribution in [0.25, 0.3) is 10.4 Å². The lowest BCUT2D eigenvalue weighted by molar-refractivity contribution is -0.605. The first-order valence-electron chi connectivity index (χ1n) is 5.64. The van der Waals surface area contributed by atoms with Crippen molar-refractivity contribution < 1.29 is 24.2 Å². The van der Waals surface area contributed by atoms with E-state index in [2.05, 4.69) is 10.0 Å². The number of carboxylic acid groups (broad SMARTS) is 1. The maximum Gasteiger partial charge on any atom is 0.336 e. The van der Waals surface area contributed by atoms with Crippen molar-refractivity contribution in [2.24, 2.45) is 5.11 Å². The first-order chi connectivity index (χ1) is 10.4. The van der Waals surface area contributed by atoms with Gasteiger partial charge in [-0.05, 0) is 10.6 Å². The van der Waals surface area contributed by atoms with Crippen LogP contribution in [0.5, 0.6) is 0 Å². The van der Waals surface area contributed by atoms with Gasteiger partial charge in [0.25, 0.3) is 0 Å². The Balaban J connectivity index is 0.000000224. The standard InChI is InChI=1S/C6H4N4O2.C6H5NO3/c7-9-8-6(11)5-1-3-10(12)4-2-5;8-6(9)5-1-3-7(10)4-2-5/h1-4H;1-4H,(H,8,9). The van der Waals surface area contributed by atoms with Gasteiger partial charge in [0.05, 0.1) is 5.56 Å². The Bertz CT molecular complexity index is 708. The van der Waals surface area contributed by atoms with Crippen LogP contribution in [-0.4, -0.2) is 17.0 Å². The van der Waals surface area contributed by atoms with Crippen LogP contribution in [0.3, 0.4) is 0 Å². The number of hydrogen-bond donors (Lipinski definition) is 1. The molecule has 10 heteroatoms. The van der Waals surface area contributed by atoms with Crippen molar-refractivity contribution in [3.63, 3.8) is 0 Å². The highest BCUT2D eigenvalue weighted by atomic mass is 16.5. The largest absolute Gasteiger partial charge is 0.619 e. The van der Waals surface area contributed by atoms with E-state index < -0.39 is 11.9 Å². The molecule has 0 atom stereocenters. The third-order valence-electron chi connectivity index (χ3n) is 2.23. The monoisotopic (exact) mass is 303 g/mol. The molecule has 2 heterocycles. The van der Waals surface area contributed by atoms with Crippen molar-refractivity contribution in [1.29, 1.82) is 0 Å². The van der Waals surface area contributed by atoms with Crippen LogP contribution in [0.4, 0.5) is 0 Å². The molecule has 10 nitrogen and oxygen atoms in total. The summed E-state index contributed by atoms with van der Waals surface area (Å²) in [6, 6.07) is 5.05. The summed E-state index contributed by atoms with van der Waals surface area (Å²) in [5, 5.41) is 32.1. The number of hydrogen-bond acceptors (Lipinski definition) is 4. The van der Waals surface area contributed by atoms with Crippen molar-refractivity contribution in [2.75, 3.05) is 0 Å². The third kappa shape index (κ3) is 5.15. The number of aromatic carboxylic acids is 1. The SMILES string of the molecule is O=C(O)c1cc[n+]([O-])cc1.[N-]=[N+]=NC(=O)c1cc[n+]([O-])cc1. The summed E-state index contributed by atoms with van der Waals surface area (Å²) >= 11 is 0. The molecule has 0 aliphatic carbocycles. The molecule has 0 unspecified atom stereocenters. The first kappa shape index (κ1) is 16.4. The summed E-state index contributed by atoms with van der Waals surface area (Å²) in [6.45, 7) is 0. The normalized spacial score (nSPS) is 8.91. The Labute approximate surface area is 123 Å². The smallest absolute Gasteiger partial charge is 0.336 e. The van der Waals surface area contributed by atoms with Gasteiger partial charge < -0.3 is 15.5 Å². The van der Waals surface area contributed by atoms with Gasteiger partial charge in [-0.2, -0.15) is 9.46 Å². The molecule has 0 saturated heterocycles. The number of rotatable bonds is 2. The van der Waals surface area contributed by atoms with Crippen molar-refractivity contribution in [3.8, 4) is 0 Å². The van der Waals surface area contributed by atoms with E-state index >= 15 is 0 Å². The molecule has 0 fully saturated rings. The second-order valence-corrected chi connectivity index (χ2v) is 3.69. The quantitative estimate of drug-likeness (QED) is 0.285. The van der Waals surface area contributed by atoms with E-state index in [-0.39, 0.29) is 11.1 Å². The summed E-state index contributed by atoms with van der Waals surface area (Å²) in [4.78, 5) is 23.4. The Morgan fingerprint density at radius 2 is 1.41 bits per heavy atom. The van der Waals surface area contributed by atoms with Gasteiger partial charge in [-0.15, -0.1) is 0 Å². The van der Waals surface area contributed by atoms with Gasteiger partial charge in [-0.3, -0.25) is 4.79 Å².